The predicted octanol–water partition coefficient (Wildman–Crippen LogP) is 3.39. The molecule has 0 unspecified atom stereocenters. The Hall–Kier alpha value is -3.98. The molecule has 2 heterocycles. The molecule has 0 saturated carbocycles. The molecule has 1 saturated heterocycles. The van der Waals surface area contributed by atoms with Crippen LogP contribution in [0.25, 0.3) is 10.8 Å². The third kappa shape index (κ3) is 2.97. The Kier molecular flexibility index (Phi) is 4.75. The van der Waals surface area contributed by atoms with E-state index in [2.05, 4.69) is 0 Å². The molecule has 1 fully saturated rings. The van der Waals surface area contributed by atoms with Crippen LogP contribution in [0.15, 0.2) is 48.5 Å². The van der Waals surface area contributed by atoms with Crippen LogP contribution in [0, 0.1) is 10.1 Å². The summed E-state index contributed by atoms with van der Waals surface area (Å²) in [6.45, 7) is 1.87. The second-order valence-corrected chi connectivity index (χ2v) is 7.52. The second kappa shape index (κ2) is 7.61. The van der Waals surface area contributed by atoms with E-state index in [1.165, 1.54) is 13.2 Å². The van der Waals surface area contributed by atoms with Crippen LogP contribution in [0.2, 0.25) is 0 Å². The van der Waals surface area contributed by atoms with Crippen molar-refractivity contribution in [2.75, 3.05) is 43.2 Å². The standard InChI is InChI=1S/C23H19N3O6/c1-31-15-7-5-14(6-8-15)25-22(27)17-4-2-3-16-20(17)18(23(25)28)13-19(26(29)30)21(16)24-9-11-32-12-10-24/h2-8,13H,9-12H2,1H3. The zero-order valence-electron chi connectivity index (χ0n) is 17.2. The average Bonchev–Trinajstić information content (AvgIpc) is 2.82. The third-order valence-corrected chi connectivity index (χ3v) is 5.83. The molecule has 0 radical (unpaired) electrons. The van der Waals surface area contributed by atoms with E-state index in [0.29, 0.717) is 59.8 Å². The summed E-state index contributed by atoms with van der Waals surface area (Å²) in [5.74, 6) is -0.487. The molecule has 0 aromatic heterocycles. The number of amides is 2. The van der Waals surface area contributed by atoms with Gasteiger partial charge in [-0.25, -0.2) is 4.90 Å². The number of carbonyl (C=O) groups is 2. The van der Waals surface area contributed by atoms with Crippen molar-refractivity contribution in [2.45, 2.75) is 0 Å². The summed E-state index contributed by atoms with van der Waals surface area (Å²) in [6, 6.07) is 12.9. The van der Waals surface area contributed by atoms with Gasteiger partial charge in [0, 0.05) is 35.5 Å². The fourth-order valence-electron chi connectivity index (χ4n) is 4.36. The van der Waals surface area contributed by atoms with Crippen molar-refractivity contribution < 1.29 is 24.0 Å². The van der Waals surface area contributed by atoms with Gasteiger partial charge >= 0.3 is 0 Å². The van der Waals surface area contributed by atoms with Gasteiger partial charge in [-0.2, -0.15) is 0 Å². The van der Waals surface area contributed by atoms with E-state index in [0.717, 1.165) is 4.90 Å². The van der Waals surface area contributed by atoms with Gasteiger partial charge in [0.05, 0.1) is 36.5 Å². The number of imide groups is 1. The minimum Gasteiger partial charge on any atom is -0.497 e. The summed E-state index contributed by atoms with van der Waals surface area (Å²) in [7, 11) is 1.52. The van der Waals surface area contributed by atoms with Gasteiger partial charge in [-0.05, 0) is 30.3 Å². The molecule has 9 heteroatoms. The highest BCUT2D eigenvalue weighted by Crippen LogP contribution is 2.43. The normalized spacial score (nSPS) is 15.9. The Morgan fingerprint density at radius 2 is 1.69 bits per heavy atom. The molecule has 2 aliphatic heterocycles. The molecule has 3 aromatic rings. The van der Waals surface area contributed by atoms with Crippen LogP contribution in [-0.4, -0.2) is 50.2 Å². The lowest BCUT2D eigenvalue weighted by atomic mass is 9.91. The molecular weight excluding hydrogens is 414 g/mol. The smallest absolute Gasteiger partial charge is 0.293 e. The number of nitrogens with zero attached hydrogens (tertiary/aromatic N) is 3. The molecule has 9 nitrogen and oxygen atoms in total. The quantitative estimate of drug-likeness (QED) is 0.353. The molecular formula is C23H19N3O6. The SMILES string of the molecule is COc1ccc(N2C(=O)c3cccc4c(N5CCOCC5)c([N+](=O)[O-])cc(c34)C2=O)cc1. The highest BCUT2D eigenvalue weighted by atomic mass is 16.6. The molecule has 0 N–H and O–H groups in total. The van der Waals surface area contributed by atoms with E-state index in [-0.39, 0.29) is 11.3 Å². The number of morpholine rings is 1. The van der Waals surface area contributed by atoms with Gasteiger partial charge in [0.15, 0.2) is 0 Å². The van der Waals surface area contributed by atoms with Gasteiger partial charge in [0.25, 0.3) is 17.5 Å². The highest BCUT2D eigenvalue weighted by molar-refractivity contribution is 6.37. The van der Waals surface area contributed by atoms with Crippen LogP contribution in [0.4, 0.5) is 17.1 Å². The van der Waals surface area contributed by atoms with Gasteiger partial charge in [-0.3, -0.25) is 19.7 Å². The molecule has 2 amide bonds. The van der Waals surface area contributed by atoms with Crippen LogP contribution >= 0.6 is 0 Å². The van der Waals surface area contributed by atoms with E-state index >= 15 is 0 Å². The first-order valence-corrected chi connectivity index (χ1v) is 10.1. The molecule has 32 heavy (non-hydrogen) atoms. The number of carbonyl (C=O) groups excluding carboxylic acids is 2. The second-order valence-electron chi connectivity index (χ2n) is 7.52. The summed E-state index contributed by atoms with van der Waals surface area (Å²) in [5, 5.41) is 13.0. The minimum atomic E-state index is -0.597. The van der Waals surface area contributed by atoms with E-state index in [1.54, 1.807) is 42.5 Å². The number of rotatable bonds is 4. The molecule has 0 aliphatic carbocycles. The van der Waals surface area contributed by atoms with Crippen molar-refractivity contribution in [2.24, 2.45) is 0 Å². The summed E-state index contributed by atoms with van der Waals surface area (Å²) in [6.07, 6.45) is 0. The predicted molar refractivity (Wildman–Crippen MR) is 118 cm³/mol. The number of ether oxygens (including phenoxy) is 2. The Balaban J connectivity index is 1.74. The maximum Gasteiger partial charge on any atom is 0.293 e. The van der Waals surface area contributed by atoms with Crippen LogP contribution in [0.3, 0.4) is 0 Å². The minimum absolute atomic E-state index is 0.134. The van der Waals surface area contributed by atoms with Crippen LogP contribution in [-0.2, 0) is 4.74 Å². The van der Waals surface area contributed by atoms with E-state index in [9.17, 15) is 19.7 Å². The lowest BCUT2D eigenvalue weighted by Gasteiger charge is -2.32. The van der Waals surface area contributed by atoms with Crippen LogP contribution in [0.1, 0.15) is 20.7 Å². The number of benzene rings is 3. The van der Waals surface area contributed by atoms with E-state index < -0.39 is 16.7 Å². The number of hydrogen-bond acceptors (Lipinski definition) is 7. The summed E-state index contributed by atoms with van der Waals surface area (Å²) >= 11 is 0. The van der Waals surface area contributed by atoms with Crippen molar-refractivity contribution in [3.8, 4) is 5.75 Å². The van der Waals surface area contributed by atoms with Gasteiger partial charge in [0.2, 0.25) is 0 Å². The molecule has 2 aliphatic rings. The lowest BCUT2D eigenvalue weighted by molar-refractivity contribution is -0.384. The topological polar surface area (TPSA) is 102 Å². The van der Waals surface area contributed by atoms with Crippen molar-refractivity contribution in [1.82, 2.24) is 0 Å². The van der Waals surface area contributed by atoms with Crippen molar-refractivity contribution in [3.05, 3.63) is 69.8 Å². The monoisotopic (exact) mass is 433 g/mol. The Morgan fingerprint density at radius 3 is 2.34 bits per heavy atom. The van der Waals surface area contributed by atoms with E-state index in [1.807, 2.05) is 4.90 Å². The first-order chi connectivity index (χ1) is 15.5. The number of nitro groups is 1. The highest BCUT2D eigenvalue weighted by Gasteiger charge is 2.38. The van der Waals surface area contributed by atoms with Gasteiger partial charge in [-0.15, -0.1) is 0 Å². The summed E-state index contributed by atoms with van der Waals surface area (Å²) in [4.78, 5) is 41.3. The maximum absolute atomic E-state index is 13.4. The third-order valence-electron chi connectivity index (χ3n) is 5.83. The zero-order valence-corrected chi connectivity index (χ0v) is 17.2. The van der Waals surface area contributed by atoms with Crippen molar-refractivity contribution >= 4 is 39.6 Å². The van der Waals surface area contributed by atoms with Crippen molar-refractivity contribution in [1.29, 1.82) is 0 Å². The largest absolute Gasteiger partial charge is 0.497 e. The Bertz CT molecular complexity index is 1260. The Morgan fingerprint density at radius 1 is 1.00 bits per heavy atom. The fourth-order valence-corrected chi connectivity index (χ4v) is 4.36. The first-order valence-electron chi connectivity index (χ1n) is 10.1. The molecule has 0 atom stereocenters. The van der Waals surface area contributed by atoms with E-state index in [4.69, 9.17) is 9.47 Å². The van der Waals surface area contributed by atoms with Gasteiger partial charge in [-0.1, -0.05) is 12.1 Å². The molecule has 3 aromatic carbocycles. The number of hydrogen-bond donors (Lipinski definition) is 0. The first kappa shape index (κ1) is 20.0. The number of anilines is 2. The molecule has 5 rings (SSSR count). The van der Waals surface area contributed by atoms with Crippen molar-refractivity contribution in [3.63, 3.8) is 0 Å². The average molecular weight is 433 g/mol. The van der Waals surface area contributed by atoms with Crippen LogP contribution in [0.5, 0.6) is 5.75 Å². The summed E-state index contributed by atoms with van der Waals surface area (Å²) in [5.41, 5.74) is 1.08. The molecule has 0 bridgehead atoms. The summed E-state index contributed by atoms with van der Waals surface area (Å²) < 4.78 is 10.5. The lowest BCUT2D eigenvalue weighted by Crippen LogP contribution is -2.41. The molecule has 162 valence electrons. The number of methoxy groups -OCH3 is 1. The number of nitro benzene ring substituents is 1. The zero-order chi connectivity index (χ0) is 22.4. The fraction of sp³-hybridized carbons (Fsp3) is 0.217. The van der Waals surface area contributed by atoms with Gasteiger partial charge in [0.1, 0.15) is 11.4 Å². The van der Waals surface area contributed by atoms with Crippen LogP contribution < -0.4 is 14.5 Å². The Labute approximate surface area is 182 Å². The maximum atomic E-state index is 13.4. The molecule has 0 spiro atoms. The van der Waals surface area contributed by atoms with Gasteiger partial charge < -0.3 is 14.4 Å².